The van der Waals surface area contributed by atoms with Gasteiger partial charge in [0.25, 0.3) is 0 Å². The van der Waals surface area contributed by atoms with Gasteiger partial charge < -0.3 is 47.7 Å². The first kappa shape index (κ1) is 56.3. The van der Waals surface area contributed by atoms with E-state index in [2.05, 4.69) is 187 Å². The van der Waals surface area contributed by atoms with Gasteiger partial charge in [-0.3, -0.25) is 0 Å². The van der Waals surface area contributed by atoms with Gasteiger partial charge in [0, 0.05) is 84.2 Å². The number of rotatable bonds is 32. The summed E-state index contributed by atoms with van der Waals surface area (Å²) in [6, 6.07) is 50.7. The van der Waals surface area contributed by atoms with Gasteiger partial charge in [0.1, 0.15) is 46.0 Å². The molecule has 0 atom stereocenters. The van der Waals surface area contributed by atoms with Crippen LogP contribution < -0.4 is 47.7 Å². The average molecular weight is 1030 g/mol. The van der Waals surface area contributed by atoms with E-state index in [0.29, 0.717) is 52.9 Å². The fourth-order valence-electron chi connectivity index (χ4n) is 8.52. The van der Waals surface area contributed by atoms with Crippen LogP contribution in [0.15, 0.2) is 146 Å². The van der Waals surface area contributed by atoms with Crippen LogP contribution in [0.1, 0.15) is 107 Å². The fraction of sp³-hybridized carbons (Fsp3) is 0.364. The summed E-state index contributed by atoms with van der Waals surface area (Å²) in [6.45, 7) is 21.7. The molecule has 0 N–H and O–H groups in total. The summed E-state index contributed by atoms with van der Waals surface area (Å²) in [7, 11) is 0. The molecule has 10 nitrogen and oxygen atoms in total. The quantitative estimate of drug-likeness (QED) is 0.0407. The number of benzene rings is 7. The third kappa shape index (κ3) is 15.8. The third-order valence-corrected chi connectivity index (χ3v) is 12.1. The van der Waals surface area contributed by atoms with Crippen LogP contribution in [-0.2, 0) is 0 Å². The molecule has 7 aromatic rings. The van der Waals surface area contributed by atoms with E-state index in [9.17, 15) is 0 Å². The van der Waals surface area contributed by atoms with Crippen molar-refractivity contribution in [3.8, 4) is 68.2 Å². The summed E-state index contributed by atoms with van der Waals surface area (Å²) < 4.78 is 50.0. The normalized spacial score (nSPS) is 10.9. The molecule has 10 heteroatoms. The lowest BCUT2D eigenvalue weighted by molar-refractivity contribution is 0.301. The first-order valence-electron chi connectivity index (χ1n) is 27.8. The highest BCUT2D eigenvalue weighted by Crippen LogP contribution is 2.45. The van der Waals surface area contributed by atoms with Gasteiger partial charge >= 0.3 is 0 Å². The summed E-state index contributed by atoms with van der Waals surface area (Å²) >= 11 is 0. The Labute approximate surface area is 453 Å². The molecule has 0 saturated carbocycles. The monoisotopic (exact) mass is 1030 g/mol. The molecule has 7 aromatic carbocycles. The predicted octanol–water partition coefficient (Wildman–Crippen LogP) is 18.3. The van der Waals surface area contributed by atoms with E-state index in [0.717, 1.165) is 154 Å². The highest BCUT2D eigenvalue weighted by molar-refractivity contribution is 5.83. The molecule has 0 aliphatic carbocycles. The molecule has 0 saturated heterocycles. The van der Waals surface area contributed by atoms with Gasteiger partial charge in [-0.2, -0.15) is 0 Å². The van der Waals surface area contributed by atoms with E-state index in [1.54, 1.807) is 0 Å². The molecule has 402 valence electrons. The molecule has 0 aromatic heterocycles. The van der Waals surface area contributed by atoms with E-state index >= 15 is 0 Å². The van der Waals surface area contributed by atoms with Gasteiger partial charge in [-0.05, 0) is 97.9 Å². The van der Waals surface area contributed by atoms with Crippen LogP contribution in [0, 0.1) is 0 Å². The lowest BCUT2D eigenvalue weighted by Crippen LogP contribution is -2.12. The maximum Gasteiger partial charge on any atom is 0.125 e. The summed E-state index contributed by atoms with van der Waals surface area (Å²) in [5, 5.41) is 0. The molecule has 7 rings (SSSR count). The maximum absolute atomic E-state index is 6.25. The van der Waals surface area contributed by atoms with Gasteiger partial charge in [-0.25, -0.2) is 0 Å². The van der Waals surface area contributed by atoms with E-state index in [4.69, 9.17) is 37.9 Å². The largest absolute Gasteiger partial charge is 0.493 e. The van der Waals surface area contributed by atoms with Crippen molar-refractivity contribution in [2.45, 2.75) is 107 Å². The SMILES string of the molecule is CCCOc1cc(OCCC)cc(N(c2ccc(-c3ccc(-c4ccc(N(c5cc(OCCC)cc(OCCC)c5)c5cc(OCCC)cc(OCCC)c5)cc4)cc3)cc2)c2cc(OCCC)cc(OCCC)c2)c1. The van der Waals surface area contributed by atoms with Crippen molar-refractivity contribution in [2.24, 2.45) is 0 Å². The van der Waals surface area contributed by atoms with Crippen LogP contribution >= 0.6 is 0 Å². The Morgan fingerprint density at radius 3 is 0.526 bits per heavy atom. The molecule has 0 fully saturated rings. The van der Waals surface area contributed by atoms with E-state index in [1.807, 2.05) is 24.3 Å². The standard InChI is InChI=1S/C66H80N2O8/c1-9-29-69-59-37-55(38-60(45-59)70-30-10-2)67(56-39-61(71-31-11-3)46-62(40-56)72-32-12-4)53-25-21-51(22-26-53)49-17-19-50(20-18-49)52-23-27-54(28-24-52)68(57-41-63(73-33-13-5)47-64(42-57)74-34-14-6)58-43-65(75-35-15-7)48-66(44-58)76-36-16-8/h17-28,37-48H,9-16,29-36H2,1-8H3. The summed E-state index contributed by atoms with van der Waals surface area (Å²) in [5.41, 5.74) is 9.96. The Hall–Kier alpha value is -7.46. The van der Waals surface area contributed by atoms with Crippen LogP contribution in [0.4, 0.5) is 34.1 Å². The molecule has 0 aliphatic rings. The first-order valence-corrected chi connectivity index (χ1v) is 27.8. The molecular formula is C66H80N2O8. The molecule has 76 heavy (non-hydrogen) atoms. The van der Waals surface area contributed by atoms with Crippen molar-refractivity contribution in [1.82, 2.24) is 0 Å². The molecule has 0 aliphatic heterocycles. The number of hydrogen-bond donors (Lipinski definition) is 0. The Balaban J connectivity index is 1.23. The molecular weight excluding hydrogens is 949 g/mol. The van der Waals surface area contributed by atoms with Gasteiger partial charge in [-0.15, -0.1) is 0 Å². The number of anilines is 6. The van der Waals surface area contributed by atoms with E-state index < -0.39 is 0 Å². The maximum atomic E-state index is 6.25. The zero-order valence-corrected chi connectivity index (χ0v) is 46.3. The summed E-state index contributed by atoms with van der Waals surface area (Å²) in [4.78, 5) is 4.44. The second-order valence-electron chi connectivity index (χ2n) is 18.8. The van der Waals surface area contributed by atoms with Gasteiger partial charge in [0.15, 0.2) is 0 Å². The second kappa shape index (κ2) is 29.6. The van der Waals surface area contributed by atoms with Crippen molar-refractivity contribution < 1.29 is 37.9 Å². The lowest BCUT2D eigenvalue weighted by atomic mass is 9.99. The predicted molar refractivity (Wildman–Crippen MR) is 313 cm³/mol. The van der Waals surface area contributed by atoms with Gasteiger partial charge in [0.2, 0.25) is 0 Å². The van der Waals surface area contributed by atoms with Crippen LogP contribution in [0.25, 0.3) is 22.3 Å². The van der Waals surface area contributed by atoms with Gasteiger partial charge in [-0.1, -0.05) is 104 Å². The Bertz CT molecular complexity index is 2410. The number of ether oxygens (including phenoxy) is 8. The van der Waals surface area contributed by atoms with E-state index in [1.165, 1.54) is 0 Å². The van der Waals surface area contributed by atoms with E-state index in [-0.39, 0.29) is 0 Å². The molecule has 0 unspecified atom stereocenters. The van der Waals surface area contributed by atoms with Crippen molar-refractivity contribution in [2.75, 3.05) is 62.7 Å². The Morgan fingerprint density at radius 2 is 0.368 bits per heavy atom. The highest BCUT2D eigenvalue weighted by atomic mass is 16.5. The minimum Gasteiger partial charge on any atom is -0.493 e. The zero-order chi connectivity index (χ0) is 53.5. The van der Waals surface area contributed by atoms with Crippen molar-refractivity contribution in [1.29, 1.82) is 0 Å². The van der Waals surface area contributed by atoms with Crippen molar-refractivity contribution in [3.63, 3.8) is 0 Å². The molecule has 0 spiro atoms. The smallest absolute Gasteiger partial charge is 0.125 e. The molecule has 0 heterocycles. The summed E-state index contributed by atoms with van der Waals surface area (Å²) in [6.07, 6.45) is 7.15. The van der Waals surface area contributed by atoms with Crippen LogP contribution in [0.5, 0.6) is 46.0 Å². The minimum absolute atomic E-state index is 0.602. The van der Waals surface area contributed by atoms with Crippen molar-refractivity contribution >= 4 is 34.1 Å². The first-order chi connectivity index (χ1) is 37.3. The summed E-state index contributed by atoms with van der Waals surface area (Å²) in [5.74, 6) is 6.02. The van der Waals surface area contributed by atoms with Crippen LogP contribution in [0.3, 0.4) is 0 Å². The third-order valence-electron chi connectivity index (χ3n) is 12.1. The van der Waals surface area contributed by atoms with Crippen LogP contribution in [-0.4, -0.2) is 52.9 Å². The number of hydrogen-bond acceptors (Lipinski definition) is 10. The fourth-order valence-corrected chi connectivity index (χ4v) is 8.52. The van der Waals surface area contributed by atoms with Crippen LogP contribution in [0.2, 0.25) is 0 Å². The molecule has 0 radical (unpaired) electrons. The topological polar surface area (TPSA) is 80.3 Å². The van der Waals surface area contributed by atoms with Gasteiger partial charge in [0.05, 0.1) is 75.6 Å². The molecule has 0 bridgehead atoms. The van der Waals surface area contributed by atoms with Crippen molar-refractivity contribution in [3.05, 3.63) is 146 Å². The highest BCUT2D eigenvalue weighted by Gasteiger charge is 2.21. The number of nitrogens with zero attached hydrogens (tertiary/aromatic N) is 2. The minimum atomic E-state index is 0.602. The Kier molecular flexibility index (Phi) is 21.9. The molecule has 0 amide bonds. The second-order valence-corrected chi connectivity index (χ2v) is 18.8. The average Bonchev–Trinajstić information content (AvgIpc) is 3.45. The Morgan fingerprint density at radius 1 is 0.211 bits per heavy atom. The lowest BCUT2D eigenvalue weighted by Gasteiger charge is -2.28. The zero-order valence-electron chi connectivity index (χ0n) is 46.3.